The summed E-state index contributed by atoms with van der Waals surface area (Å²) in [6.45, 7) is 0.924. The molecule has 0 bridgehead atoms. The van der Waals surface area contributed by atoms with Gasteiger partial charge in [-0.1, -0.05) is 0 Å². The molecular weight excluding hydrogens is 136 g/mol. The lowest BCUT2D eigenvalue weighted by Crippen LogP contribution is -2.01. The molecule has 1 rings (SSSR count). The van der Waals surface area contributed by atoms with Crippen LogP contribution in [0.5, 0.6) is 0 Å². The topological polar surface area (TPSA) is 4.93 Å². The largest absolute Gasteiger partial charge is 0.318 e. The van der Waals surface area contributed by atoms with E-state index in [9.17, 15) is 8.78 Å². The number of nitrogens with zero attached hydrogens (tertiary/aromatic N) is 1. The van der Waals surface area contributed by atoms with Crippen molar-refractivity contribution in [2.75, 3.05) is 0 Å². The van der Waals surface area contributed by atoms with Crippen molar-refractivity contribution in [3.63, 3.8) is 0 Å². The van der Waals surface area contributed by atoms with Crippen LogP contribution < -0.4 is 0 Å². The molecule has 0 aromatic carbocycles. The molecule has 0 radical (unpaired) electrons. The Hall–Kier alpha value is -0.860. The third-order valence-electron chi connectivity index (χ3n) is 1.52. The summed E-state index contributed by atoms with van der Waals surface area (Å²) in [5.41, 5.74) is 1.21. The second kappa shape index (κ2) is 2.40. The van der Waals surface area contributed by atoms with Crippen molar-refractivity contribution in [2.45, 2.75) is 20.4 Å². The molecule has 56 valence electrons. The summed E-state index contributed by atoms with van der Waals surface area (Å²) < 4.78 is 25.2. The fraction of sp³-hybridized carbons (Fsp3) is 0.429. The molecule has 3 heteroatoms. The molecule has 0 saturated heterocycles. The number of hydrogen-bond acceptors (Lipinski definition) is 0. The average molecular weight is 145 g/mol. The highest BCUT2D eigenvalue weighted by molar-refractivity contribution is 5.13. The van der Waals surface area contributed by atoms with Crippen LogP contribution in [0.1, 0.15) is 17.9 Å². The molecule has 0 atom stereocenters. The quantitative estimate of drug-likeness (QED) is 0.572. The van der Waals surface area contributed by atoms with Gasteiger partial charge < -0.3 is 0 Å². The van der Waals surface area contributed by atoms with Crippen LogP contribution in [0.2, 0.25) is 0 Å². The molecular formula is C7H9F2N. The smallest absolute Gasteiger partial charge is 0.293 e. The molecule has 0 aliphatic rings. The van der Waals surface area contributed by atoms with Gasteiger partial charge in [0.15, 0.2) is 0 Å². The minimum atomic E-state index is -2.41. The molecule has 0 amide bonds. The fourth-order valence-electron chi connectivity index (χ4n) is 0.988. The third kappa shape index (κ3) is 1.03. The van der Waals surface area contributed by atoms with Gasteiger partial charge in [0.05, 0.1) is 0 Å². The van der Waals surface area contributed by atoms with Gasteiger partial charge in [-0.3, -0.25) is 4.57 Å². The predicted molar refractivity (Wildman–Crippen MR) is 35.2 cm³/mol. The van der Waals surface area contributed by atoms with Crippen LogP contribution >= 0.6 is 0 Å². The summed E-state index contributed by atoms with van der Waals surface area (Å²) in [5, 5.41) is 0. The molecule has 0 unspecified atom stereocenters. The molecule has 1 heterocycles. The van der Waals surface area contributed by atoms with Crippen LogP contribution in [-0.4, -0.2) is 4.57 Å². The van der Waals surface area contributed by atoms with E-state index in [-0.39, 0.29) is 0 Å². The van der Waals surface area contributed by atoms with Gasteiger partial charge in [-0.05, 0) is 26.0 Å². The van der Waals surface area contributed by atoms with E-state index in [2.05, 4.69) is 0 Å². The molecule has 0 spiro atoms. The first kappa shape index (κ1) is 7.25. The van der Waals surface area contributed by atoms with Crippen LogP contribution in [0, 0.1) is 13.8 Å². The molecule has 10 heavy (non-hydrogen) atoms. The van der Waals surface area contributed by atoms with Crippen LogP contribution in [0.25, 0.3) is 0 Å². The van der Waals surface area contributed by atoms with E-state index < -0.39 is 6.55 Å². The van der Waals surface area contributed by atoms with Crippen LogP contribution in [0.3, 0.4) is 0 Å². The van der Waals surface area contributed by atoms with Gasteiger partial charge >= 0.3 is 6.55 Å². The van der Waals surface area contributed by atoms with Gasteiger partial charge in [-0.2, -0.15) is 8.78 Å². The van der Waals surface area contributed by atoms with Crippen molar-refractivity contribution in [1.82, 2.24) is 4.57 Å². The Morgan fingerprint density at radius 3 is 1.80 bits per heavy atom. The Morgan fingerprint density at radius 1 is 1.20 bits per heavy atom. The lowest BCUT2D eigenvalue weighted by molar-refractivity contribution is 0.0666. The van der Waals surface area contributed by atoms with Crippen molar-refractivity contribution in [2.24, 2.45) is 0 Å². The van der Waals surface area contributed by atoms with Crippen molar-refractivity contribution < 1.29 is 8.78 Å². The van der Waals surface area contributed by atoms with Crippen molar-refractivity contribution in [1.29, 1.82) is 0 Å². The summed E-state index contributed by atoms with van der Waals surface area (Å²) in [6, 6.07) is 3.36. The maximum absolute atomic E-state index is 12.1. The van der Waals surface area contributed by atoms with E-state index in [1.165, 1.54) is 0 Å². The monoisotopic (exact) mass is 145 g/mol. The standard InChI is InChI=1S/C7H9F2N/c1-5-3-4-6(2)10(5)7(8)9/h3-4,7H,1-2H3. The van der Waals surface area contributed by atoms with Gasteiger partial charge in [-0.25, -0.2) is 0 Å². The van der Waals surface area contributed by atoms with Crippen LogP contribution in [-0.2, 0) is 0 Å². The first-order valence-electron chi connectivity index (χ1n) is 3.05. The highest BCUT2D eigenvalue weighted by Crippen LogP contribution is 2.17. The van der Waals surface area contributed by atoms with Crippen molar-refractivity contribution in [3.8, 4) is 0 Å². The summed E-state index contributed by atoms with van der Waals surface area (Å²) >= 11 is 0. The van der Waals surface area contributed by atoms with E-state index in [1.54, 1.807) is 26.0 Å². The van der Waals surface area contributed by atoms with Crippen molar-refractivity contribution in [3.05, 3.63) is 23.5 Å². The number of aryl methyl sites for hydroxylation is 2. The maximum atomic E-state index is 12.1. The lowest BCUT2D eigenvalue weighted by Gasteiger charge is -2.05. The Labute approximate surface area is 58.3 Å². The Kier molecular flexibility index (Phi) is 1.74. The van der Waals surface area contributed by atoms with E-state index in [0.29, 0.717) is 11.4 Å². The second-order valence-corrected chi connectivity index (χ2v) is 2.26. The molecule has 0 aliphatic heterocycles. The normalized spacial score (nSPS) is 10.9. The molecule has 0 saturated carbocycles. The minimum Gasteiger partial charge on any atom is -0.293 e. The van der Waals surface area contributed by atoms with E-state index >= 15 is 0 Å². The Balaban J connectivity index is 3.10. The number of aromatic nitrogens is 1. The molecule has 1 nitrogen and oxygen atoms in total. The summed E-state index contributed by atoms with van der Waals surface area (Å²) in [5.74, 6) is 0. The summed E-state index contributed by atoms with van der Waals surface area (Å²) in [4.78, 5) is 0. The predicted octanol–water partition coefficient (Wildman–Crippen LogP) is 2.50. The van der Waals surface area contributed by atoms with Crippen LogP contribution in [0.4, 0.5) is 8.78 Å². The fourth-order valence-corrected chi connectivity index (χ4v) is 0.988. The Bertz CT molecular complexity index is 208. The zero-order valence-electron chi connectivity index (χ0n) is 5.94. The van der Waals surface area contributed by atoms with E-state index in [0.717, 1.165) is 4.57 Å². The summed E-state index contributed by atoms with van der Waals surface area (Å²) in [7, 11) is 0. The summed E-state index contributed by atoms with van der Waals surface area (Å²) in [6.07, 6.45) is 0. The Morgan fingerprint density at radius 2 is 1.60 bits per heavy atom. The average Bonchev–Trinajstić information content (AvgIpc) is 2.11. The third-order valence-corrected chi connectivity index (χ3v) is 1.52. The SMILES string of the molecule is Cc1ccc(C)n1C(F)F. The van der Waals surface area contributed by atoms with Gasteiger partial charge in [-0.15, -0.1) is 0 Å². The van der Waals surface area contributed by atoms with Gasteiger partial charge in [0.2, 0.25) is 0 Å². The molecule has 1 aromatic heterocycles. The molecule has 0 fully saturated rings. The first-order chi connectivity index (χ1) is 4.63. The zero-order chi connectivity index (χ0) is 7.72. The zero-order valence-corrected chi connectivity index (χ0v) is 5.94. The lowest BCUT2D eigenvalue weighted by atomic mass is 10.5. The van der Waals surface area contributed by atoms with Gasteiger partial charge in [0.1, 0.15) is 0 Å². The number of rotatable bonds is 1. The minimum absolute atomic E-state index is 0.604. The molecule has 1 aromatic rings. The van der Waals surface area contributed by atoms with Crippen molar-refractivity contribution >= 4 is 0 Å². The highest BCUT2D eigenvalue weighted by Gasteiger charge is 2.09. The highest BCUT2D eigenvalue weighted by atomic mass is 19.3. The molecule has 0 N–H and O–H groups in total. The number of alkyl halides is 2. The molecule has 0 aliphatic carbocycles. The number of halogens is 2. The number of hydrogen-bond donors (Lipinski definition) is 0. The first-order valence-corrected chi connectivity index (χ1v) is 3.05. The maximum Gasteiger partial charge on any atom is 0.318 e. The van der Waals surface area contributed by atoms with Crippen LogP contribution in [0.15, 0.2) is 12.1 Å². The van der Waals surface area contributed by atoms with E-state index in [4.69, 9.17) is 0 Å². The van der Waals surface area contributed by atoms with Gasteiger partial charge in [0, 0.05) is 11.4 Å². The second-order valence-electron chi connectivity index (χ2n) is 2.26. The van der Waals surface area contributed by atoms with Gasteiger partial charge in [0.25, 0.3) is 0 Å². The van der Waals surface area contributed by atoms with E-state index in [1.807, 2.05) is 0 Å².